The van der Waals surface area contributed by atoms with E-state index < -0.39 is 0 Å². The molecule has 0 heterocycles. The van der Waals surface area contributed by atoms with E-state index in [1.807, 2.05) is 50.2 Å². The maximum Gasteiger partial charge on any atom is 0.134 e. The number of hydrogen-bond donors (Lipinski definition) is 1. The first-order valence-corrected chi connectivity index (χ1v) is 7.14. The van der Waals surface area contributed by atoms with Crippen LogP contribution in [0.4, 0.5) is 0 Å². The molecule has 0 bridgehead atoms. The molecule has 19 heavy (non-hydrogen) atoms. The van der Waals surface area contributed by atoms with Crippen LogP contribution in [0.15, 0.2) is 53.0 Å². The first kappa shape index (κ1) is 14.1. The average molecular weight is 320 g/mol. The lowest BCUT2D eigenvalue weighted by molar-refractivity contribution is 0.225. The highest BCUT2D eigenvalue weighted by Gasteiger charge is 2.10. The standard InChI is InChI=1S/C16H18BrNO/c1-11(18)14-8-9-16(15(17)10-14)19-12(2)13-6-4-3-5-7-13/h3-12H,18H2,1-2H3/t11-,12?/m1/s1. The van der Waals surface area contributed by atoms with Gasteiger partial charge in [0.2, 0.25) is 0 Å². The lowest BCUT2D eigenvalue weighted by Gasteiger charge is -2.17. The second-order valence-corrected chi connectivity index (χ2v) is 5.50. The van der Waals surface area contributed by atoms with E-state index in [2.05, 4.69) is 28.1 Å². The second kappa shape index (κ2) is 6.22. The third-order valence-electron chi connectivity index (χ3n) is 3.05. The van der Waals surface area contributed by atoms with E-state index in [-0.39, 0.29) is 12.1 Å². The van der Waals surface area contributed by atoms with Gasteiger partial charge in [0.25, 0.3) is 0 Å². The van der Waals surface area contributed by atoms with Crippen molar-refractivity contribution in [2.45, 2.75) is 26.0 Å². The molecule has 0 saturated heterocycles. The molecule has 0 aliphatic carbocycles. The summed E-state index contributed by atoms with van der Waals surface area (Å²) in [5.74, 6) is 0.834. The number of ether oxygens (including phenoxy) is 1. The van der Waals surface area contributed by atoms with Crippen LogP contribution in [0.3, 0.4) is 0 Å². The zero-order valence-corrected chi connectivity index (χ0v) is 12.7. The molecule has 3 heteroatoms. The summed E-state index contributed by atoms with van der Waals surface area (Å²) in [4.78, 5) is 0. The molecular formula is C16H18BrNO. The first-order valence-electron chi connectivity index (χ1n) is 6.34. The summed E-state index contributed by atoms with van der Waals surface area (Å²) in [7, 11) is 0. The van der Waals surface area contributed by atoms with Crippen LogP contribution < -0.4 is 10.5 Å². The lowest BCUT2D eigenvalue weighted by atomic mass is 10.1. The zero-order chi connectivity index (χ0) is 13.8. The molecular weight excluding hydrogens is 302 g/mol. The monoisotopic (exact) mass is 319 g/mol. The van der Waals surface area contributed by atoms with Crippen molar-refractivity contribution in [2.24, 2.45) is 5.73 Å². The van der Waals surface area contributed by atoms with Crippen LogP contribution in [0, 0.1) is 0 Å². The van der Waals surface area contributed by atoms with E-state index in [1.165, 1.54) is 0 Å². The number of rotatable bonds is 4. The van der Waals surface area contributed by atoms with Gasteiger partial charge >= 0.3 is 0 Å². The highest BCUT2D eigenvalue weighted by atomic mass is 79.9. The fourth-order valence-electron chi connectivity index (χ4n) is 1.88. The van der Waals surface area contributed by atoms with E-state index in [1.54, 1.807) is 0 Å². The molecule has 0 aliphatic heterocycles. The highest BCUT2D eigenvalue weighted by Crippen LogP contribution is 2.31. The zero-order valence-electron chi connectivity index (χ0n) is 11.1. The van der Waals surface area contributed by atoms with Gasteiger partial charge in [-0.05, 0) is 53.0 Å². The molecule has 100 valence electrons. The van der Waals surface area contributed by atoms with Gasteiger partial charge in [0.1, 0.15) is 11.9 Å². The quantitative estimate of drug-likeness (QED) is 0.893. The van der Waals surface area contributed by atoms with E-state index >= 15 is 0 Å². The Morgan fingerprint density at radius 1 is 1.00 bits per heavy atom. The van der Waals surface area contributed by atoms with Gasteiger partial charge < -0.3 is 10.5 Å². The maximum atomic E-state index is 5.98. The first-order chi connectivity index (χ1) is 9.08. The molecule has 1 unspecified atom stereocenters. The minimum Gasteiger partial charge on any atom is -0.485 e. The van der Waals surface area contributed by atoms with Crippen molar-refractivity contribution in [2.75, 3.05) is 0 Å². The van der Waals surface area contributed by atoms with Crippen molar-refractivity contribution in [1.82, 2.24) is 0 Å². The topological polar surface area (TPSA) is 35.2 Å². The van der Waals surface area contributed by atoms with Crippen LogP contribution in [-0.4, -0.2) is 0 Å². The van der Waals surface area contributed by atoms with Gasteiger partial charge in [0, 0.05) is 6.04 Å². The summed E-state index contributed by atoms with van der Waals surface area (Å²) < 4.78 is 6.91. The summed E-state index contributed by atoms with van der Waals surface area (Å²) in [5, 5.41) is 0. The largest absolute Gasteiger partial charge is 0.485 e. The molecule has 2 rings (SSSR count). The van der Waals surface area contributed by atoms with Crippen molar-refractivity contribution in [3.63, 3.8) is 0 Å². The van der Waals surface area contributed by atoms with Crippen molar-refractivity contribution in [3.05, 3.63) is 64.1 Å². The van der Waals surface area contributed by atoms with Crippen LogP contribution in [0.2, 0.25) is 0 Å². The van der Waals surface area contributed by atoms with Crippen LogP contribution in [0.25, 0.3) is 0 Å². The van der Waals surface area contributed by atoms with Gasteiger partial charge in [-0.2, -0.15) is 0 Å². The normalized spacial score (nSPS) is 13.9. The molecule has 0 aromatic heterocycles. The van der Waals surface area contributed by atoms with Crippen LogP contribution in [0.1, 0.15) is 37.1 Å². The molecule has 0 amide bonds. The Morgan fingerprint density at radius 2 is 1.68 bits per heavy atom. The molecule has 2 atom stereocenters. The Kier molecular flexibility index (Phi) is 4.61. The van der Waals surface area contributed by atoms with Gasteiger partial charge in [-0.25, -0.2) is 0 Å². The predicted molar refractivity (Wildman–Crippen MR) is 82.2 cm³/mol. The molecule has 0 fully saturated rings. The maximum absolute atomic E-state index is 5.98. The smallest absolute Gasteiger partial charge is 0.134 e. The van der Waals surface area contributed by atoms with Gasteiger partial charge in [0.15, 0.2) is 0 Å². The van der Waals surface area contributed by atoms with E-state index in [4.69, 9.17) is 10.5 Å². The molecule has 2 N–H and O–H groups in total. The van der Waals surface area contributed by atoms with E-state index in [9.17, 15) is 0 Å². The molecule has 0 spiro atoms. The second-order valence-electron chi connectivity index (χ2n) is 4.65. The lowest BCUT2D eigenvalue weighted by Crippen LogP contribution is -2.06. The third-order valence-corrected chi connectivity index (χ3v) is 3.67. The van der Waals surface area contributed by atoms with Gasteiger partial charge in [-0.1, -0.05) is 36.4 Å². The molecule has 0 radical (unpaired) electrons. The Hall–Kier alpha value is -1.32. The Morgan fingerprint density at radius 3 is 2.26 bits per heavy atom. The highest BCUT2D eigenvalue weighted by molar-refractivity contribution is 9.10. The average Bonchev–Trinajstić information content (AvgIpc) is 2.41. The predicted octanol–water partition coefficient (Wildman–Crippen LogP) is 4.61. The minimum absolute atomic E-state index is 0.0126. The molecule has 0 aliphatic rings. The molecule has 2 nitrogen and oxygen atoms in total. The summed E-state index contributed by atoms with van der Waals surface area (Å²) in [6, 6.07) is 16.2. The fraction of sp³-hybridized carbons (Fsp3) is 0.250. The van der Waals surface area contributed by atoms with E-state index in [0.29, 0.717) is 0 Å². The fourth-order valence-corrected chi connectivity index (χ4v) is 2.37. The number of benzene rings is 2. The minimum atomic E-state index is 0.0126. The summed E-state index contributed by atoms with van der Waals surface area (Å²) in [6.07, 6.45) is 0.0126. The SMILES string of the molecule is CC(Oc1ccc([C@@H](C)N)cc1Br)c1ccccc1. The number of nitrogens with two attached hydrogens (primary N) is 1. The van der Waals surface area contributed by atoms with Gasteiger partial charge in [-0.3, -0.25) is 0 Å². The van der Waals surface area contributed by atoms with E-state index in [0.717, 1.165) is 21.3 Å². The van der Waals surface area contributed by atoms with Gasteiger partial charge in [0.05, 0.1) is 4.47 Å². The Labute approximate surface area is 122 Å². The number of hydrogen-bond acceptors (Lipinski definition) is 2. The molecule has 2 aromatic carbocycles. The van der Waals surface area contributed by atoms with Crippen molar-refractivity contribution >= 4 is 15.9 Å². The molecule has 0 saturated carbocycles. The molecule has 2 aromatic rings. The summed E-state index contributed by atoms with van der Waals surface area (Å²) in [6.45, 7) is 4.01. The summed E-state index contributed by atoms with van der Waals surface area (Å²) >= 11 is 3.54. The van der Waals surface area contributed by atoms with Crippen molar-refractivity contribution < 1.29 is 4.74 Å². The van der Waals surface area contributed by atoms with Gasteiger partial charge in [-0.15, -0.1) is 0 Å². The van der Waals surface area contributed by atoms with Crippen LogP contribution in [0.5, 0.6) is 5.75 Å². The Bertz CT molecular complexity index is 540. The third kappa shape index (κ3) is 3.58. The van der Waals surface area contributed by atoms with Crippen LogP contribution in [-0.2, 0) is 0 Å². The summed E-state index contributed by atoms with van der Waals surface area (Å²) in [5.41, 5.74) is 8.11. The van der Waals surface area contributed by atoms with Crippen molar-refractivity contribution in [1.29, 1.82) is 0 Å². The van der Waals surface area contributed by atoms with Crippen LogP contribution >= 0.6 is 15.9 Å². The van der Waals surface area contributed by atoms with Crippen molar-refractivity contribution in [3.8, 4) is 5.75 Å². The Balaban J connectivity index is 2.15. The number of halogens is 1.